The smallest absolute Gasteiger partial charge is 0.267 e. The van der Waals surface area contributed by atoms with Gasteiger partial charge in [0.1, 0.15) is 0 Å². The van der Waals surface area contributed by atoms with Crippen LogP contribution in [0.5, 0.6) is 0 Å². The van der Waals surface area contributed by atoms with Crippen LogP contribution in [0, 0.1) is 13.8 Å². The molecule has 156 valence electrons. The number of piperidine rings is 1. The number of aryl methyl sites for hydroxylation is 3. The lowest BCUT2D eigenvalue weighted by molar-refractivity contribution is 0.147. The summed E-state index contributed by atoms with van der Waals surface area (Å²) in [5, 5.41) is 8.09. The molecule has 29 heavy (non-hydrogen) atoms. The van der Waals surface area contributed by atoms with Crippen molar-refractivity contribution in [3.63, 3.8) is 0 Å². The van der Waals surface area contributed by atoms with Crippen LogP contribution in [-0.2, 0) is 18.7 Å². The van der Waals surface area contributed by atoms with E-state index >= 15 is 0 Å². The molecule has 4 heterocycles. The summed E-state index contributed by atoms with van der Waals surface area (Å²) in [5.74, 6) is 2.72. The molecule has 0 spiro atoms. The molecule has 2 aliphatic heterocycles. The number of hydrogen-bond acceptors (Lipinski definition) is 7. The van der Waals surface area contributed by atoms with Crippen LogP contribution in [-0.4, -0.2) is 56.1 Å². The van der Waals surface area contributed by atoms with Crippen LogP contribution in [0.4, 0.5) is 5.95 Å². The van der Waals surface area contributed by atoms with E-state index in [2.05, 4.69) is 25.3 Å². The quantitative estimate of drug-likeness (QED) is 0.778. The molecule has 2 aromatic heterocycles. The van der Waals surface area contributed by atoms with Gasteiger partial charge >= 0.3 is 0 Å². The highest BCUT2D eigenvalue weighted by Crippen LogP contribution is 2.21. The average Bonchev–Trinajstić information content (AvgIpc) is 2.70. The third-order valence-electron chi connectivity index (χ3n) is 5.73. The number of nitrogens with zero attached hydrogens (tertiary/aromatic N) is 5. The number of nitrogens with one attached hydrogen (secondary N) is 1. The molecule has 8 heteroatoms. The fraction of sp³-hybridized carbons (Fsp3) is 0.619. The standard InChI is InChI=1S/C21H30N6OS/c1-15-11-16(2)24-21(23-15)22-13-18-5-3-4-7-26(18)8-9-27-20(28)12-17-14-29-10-6-19(17)25-27/h11-12,18H,3-10,13-14H2,1-2H3,(H,22,23,24). The maximum Gasteiger partial charge on any atom is 0.267 e. The fourth-order valence-electron chi connectivity index (χ4n) is 4.24. The van der Waals surface area contributed by atoms with Crippen LogP contribution in [0.2, 0.25) is 0 Å². The second-order valence-electron chi connectivity index (χ2n) is 8.02. The first-order valence-corrected chi connectivity index (χ1v) is 11.7. The Labute approximate surface area is 176 Å². The molecule has 0 aliphatic carbocycles. The van der Waals surface area contributed by atoms with Gasteiger partial charge in [-0.05, 0) is 50.6 Å². The number of fused-ring (bicyclic) bond motifs is 1. The Morgan fingerprint density at radius 3 is 2.83 bits per heavy atom. The van der Waals surface area contributed by atoms with Gasteiger partial charge in [0.15, 0.2) is 0 Å². The molecule has 1 fully saturated rings. The van der Waals surface area contributed by atoms with Crippen molar-refractivity contribution in [1.82, 2.24) is 24.6 Å². The second-order valence-corrected chi connectivity index (χ2v) is 9.13. The third-order valence-corrected chi connectivity index (χ3v) is 6.74. The van der Waals surface area contributed by atoms with Gasteiger partial charge in [-0.15, -0.1) is 0 Å². The van der Waals surface area contributed by atoms with Crippen LogP contribution in [0.1, 0.15) is 41.9 Å². The normalized spacial score (nSPS) is 19.7. The van der Waals surface area contributed by atoms with Crippen molar-refractivity contribution in [2.24, 2.45) is 0 Å². The Balaban J connectivity index is 1.38. The topological polar surface area (TPSA) is 75.9 Å². The van der Waals surface area contributed by atoms with Gasteiger partial charge in [0.25, 0.3) is 5.56 Å². The molecule has 0 aromatic carbocycles. The van der Waals surface area contributed by atoms with Crippen molar-refractivity contribution >= 4 is 17.7 Å². The summed E-state index contributed by atoms with van der Waals surface area (Å²) in [6, 6.07) is 4.21. The molecule has 0 bridgehead atoms. The van der Waals surface area contributed by atoms with Crippen molar-refractivity contribution in [2.45, 2.75) is 57.9 Å². The summed E-state index contributed by atoms with van der Waals surface area (Å²) in [4.78, 5) is 23.9. The first-order valence-electron chi connectivity index (χ1n) is 10.6. The zero-order chi connectivity index (χ0) is 20.2. The minimum atomic E-state index is 0.0292. The van der Waals surface area contributed by atoms with Crippen molar-refractivity contribution in [3.8, 4) is 0 Å². The first-order chi connectivity index (χ1) is 14.1. The molecule has 1 saturated heterocycles. The van der Waals surface area contributed by atoms with E-state index in [1.165, 1.54) is 12.8 Å². The van der Waals surface area contributed by atoms with Crippen molar-refractivity contribution in [1.29, 1.82) is 0 Å². The Hall–Kier alpha value is -1.93. The first kappa shape index (κ1) is 20.3. The number of thioether (sulfide) groups is 1. The molecule has 1 N–H and O–H groups in total. The Morgan fingerprint density at radius 1 is 1.17 bits per heavy atom. The number of aromatic nitrogens is 4. The monoisotopic (exact) mass is 414 g/mol. The predicted octanol–water partition coefficient (Wildman–Crippen LogP) is 2.41. The molecule has 0 saturated carbocycles. The van der Waals surface area contributed by atoms with Gasteiger partial charge in [-0.3, -0.25) is 9.69 Å². The fourth-order valence-corrected chi connectivity index (χ4v) is 5.19. The highest BCUT2D eigenvalue weighted by atomic mass is 32.2. The van der Waals surface area contributed by atoms with Gasteiger partial charge in [0.2, 0.25) is 5.95 Å². The summed E-state index contributed by atoms with van der Waals surface area (Å²) in [5.41, 5.74) is 4.22. The lowest BCUT2D eigenvalue weighted by Gasteiger charge is -2.35. The van der Waals surface area contributed by atoms with Crippen molar-refractivity contribution < 1.29 is 0 Å². The second kappa shape index (κ2) is 9.26. The highest BCUT2D eigenvalue weighted by Gasteiger charge is 2.23. The molecular weight excluding hydrogens is 384 g/mol. The van der Waals surface area contributed by atoms with Crippen LogP contribution >= 0.6 is 11.8 Å². The minimum absolute atomic E-state index is 0.0292. The van der Waals surface area contributed by atoms with E-state index in [0.29, 0.717) is 18.5 Å². The van der Waals surface area contributed by atoms with Gasteiger partial charge < -0.3 is 5.32 Å². The lowest BCUT2D eigenvalue weighted by atomic mass is 10.0. The number of anilines is 1. The molecule has 2 aromatic rings. The average molecular weight is 415 g/mol. The number of likely N-dealkylation sites (tertiary alicyclic amines) is 1. The SMILES string of the molecule is Cc1cc(C)nc(NCC2CCCCN2CCn2nc3c(cc2=O)CSCC3)n1. The Morgan fingerprint density at radius 2 is 2.00 bits per heavy atom. The van der Waals surface area contributed by atoms with Crippen LogP contribution < -0.4 is 10.9 Å². The Bertz CT molecular complexity index is 894. The van der Waals surface area contributed by atoms with Crippen LogP contribution in [0.3, 0.4) is 0 Å². The van der Waals surface area contributed by atoms with Crippen molar-refractivity contribution in [3.05, 3.63) is 45.1 Å². The molecule has 4 rings (SSSR count). The van der Waals surface area contributed by atoms with E-state index in [-0.39, 0.29) is 5.56 Å². The van der Waals surface area contributed by atoms with Crippen LogP contribution in [0.15, 0.2) is 16.9 Å². The minimum Gasteiger partial charge on any atom is -0.353 e. The summed E-state index contributed by atoms with van der Waals surface area (Å²) in [7, 11) is 0. The zero-order valence-electron chi connectivity index (χ0n) is 17.4. The van der Waals surface area contributed by atoms with E-state index in [4.69, 9.17) is 0 Å². The summed E-state index contributed by atoms with van der Waals surface area (Å²) >= 11 is 1.88. The highest BCUT2D eigenvalue weighted by molar-refractivity contribution is 7.98. The van der Waals surface area contributed by atoms with E-state index in [9.17, 15) is 4.79 Å². The maximum atomic E-state index is 12.5. The largest absolute Gasteiger partial charge is 0.353 e. The molecule has 2 aliphatic rings. The molecule has 0 amide bonds. The summed E-state index contributed by atoms with van der Waals surface area (Å²) in [6.45, 7) is 7.38. The number of hydrogen-bond donors (Lipinski definition) is 1. The van der Waals surface area contributed by atoms with E-state index in [1.54, 1.807) is 10.7 Å². The van der Waals surface area contributed by atoms with E-state index < -0.39 is 0 Å². The Kier molecular flexibility index (Phi) is 6.50. The maximum absolute atomic E-state index is 12.5. The van der Waals surface area contributed by atoms with Crippen molar-refractivity contribution in [2.75, 3.05) is 30.7 Å². The molecule has 7 nitrogen and oxygen atoms in total. The predicted molar refractivity (Wildman–Crippen MR) is 118 cm³/mol. The van der Waals surface area contributed by atoms with Gasteiger partial charge in [-0.2, -0.15) is 16.9 Å². The van der Waals surface area contributed by atoms with E-state index in [0.717, 1.165) is 66.6 Å². The lowest BCUT2D eigenvalue weighted by Crippen LogP contribution is -2.46. The molecular formula is C21H30N6OS. The van der Waals surface area contributed by atoms with E-state index in [1.807, 2.05) is 31.7 Å². The van der Waals surface area contributed by atoms with Gasteiger partial charge in [-0.1, -0.05) is 6.42 Å². The molecule has 1 unspecified atom stereocenters. The number of rotatable bonds is 6. The zero-order valence-corrected chi connectivity index (χ0v) is 18.2. The van der Waals surface area contributed by atoms with Gasteiger partial charge in [-0.25, -0.2) is 14.6 Å². The summed E-state index contributed by atoms with van der Waals surface area (Å²) in [6.07, 6.45) is 4.57. The van der Waals surface area contributed by atoms with Crippen LogP contribution in [0.25, 0.3) is 0 Å². The van der Waals surface area contributed by atoms with Gasteiger partial charge in [0, 0.05) is 48.8 Å². The summed E-state index contributed by atoms with van der Waals surface area (Å²) < 4.78 is 1.67. The molecule has 0 radical (unpaired) electrons. The van der Waals surface area contributed by atoms with Gasteiger partial charge in [0.05, 0.1) is 12.2 Å². The molecule has 1 atom stereocenters. The third kappa shape index (κ3) is 5.17.